The number of nitrogen functional groups attached to an aromatic ring is 1. The van der Waals surface area contributed by atoms with Crippen LogP contribution in [0.5, 0.6) is 0 Å². The minimum absolute atomic E-state index is 0.0409. The lowest BCUT2D eigenvalue weighted by Gasteiger charge is -2.13. The second-order valence-electron chi connectivity index (χ2n) is 4.65. The molecule has 3 N–H and O–H groups in total. The van der Waals surface area contributed by atoms with Crippen molar-refractivity contribution in [3.05, 3.63) is 33.9 Å². The Kier molecular flexibility index (Phi) is 6.24. The van der Waals surface area contributed by atoms with Crippen LogP contribution in [0.25, 0.3) is 0 Å². The van der Waals surface area contributed by atoms with E-state index in [1.54, 1.807) is 6.07 Å². The van der Waals surface area contributed by atoms with E-state index in [4.69, 9.17) is 10.6 Å². The van der Waals surface area contributed by atoms with Gasteiger partial charge in [-0.05, 0) is 18.4 Å². The number of nitrogens with zero attached hydrogens (tertiary/aromatic N) is 1. The number of non-ortho nitro benzene ring substituents is 1. The molecule has 0 aliphatic heterocycles. The molecule has 0 bridgehead atoms. The van der Waals surface area contributed by atoms with Crippen LogP contribution in [0.2, 0.25) is 0 Å². The van der Waals surface area contributed by atoms with Gasteiger partial charge in [-0.15, -0.1) is 0 Å². The van der Waals surface area contributed by atoms with Gasteiger partial charge in [0.25, 0.3) is 5.69 Å². The molecule has 0 amide bonds. The van der Waals surface area contributed by atoms with Gasteiger partial charge in [-0.3, -0.25) is 16.0 Å². The van der Waals surface area contributed by atoms with Gasteiger partial charge in [0.05, 0.1) is 17.2 Å². The van der Waals surface area contributed by atoms with E-state index in [2.05, 4.69) is 19.3 Å². The zero-order chi connectivity index (χ0) is 14.3. The van der Waals surface area contributed by atoms with Crippen LogP contribution in [0.15, 0.2) is 18.2 Å². The third-order valence-electron chi connectivity index (χ3n) is 2.90. The van der Waals surface area contributed by atoms with Gasteiger partial charge >= 0.3 is 0 Å². The third-order valence-corrected chi connectivity index (χ3v) is 2.90. The summed E-state index contributed by atoms with van der Waals surface area (Å²) in [5.74, 6) is 5.86. The monoisotopic (exact) mass is 267 g/mol. The van der Waals surface area contributed by atoms with Gasteiger partial charge < -0.3 is 10.2 Å². The fourth-order valence-electron chi connectivity index (χ4n) is 1.90. The number of hydrogen-bond donors (Lipinski definition) is 2. The Hall–Kier alpha value is -1.66. The van der Waals surface area contributed by atoms with Gasteiger partial charge in [0.15, 0.2) is 0 Å². The molecule has 1 aromatic carbocycles. The van der Waals surface area contributed by atoms with Gasteiger partial charge in [-0.2, -0.15) is 0 Å². The van der Waals surface area contributed by atoms with E-state index in [1.165, 1.54) is 12.1 Å². The summed E-state index contributed by atoms with van der Waals surface area (Å²) in [6.07, 6.45) is 2.23. The van der Waals surface area contributed by atoms with Crippen LogP contribution < -0.4 is 11.3 Å². The molecule has 0 aromatic heterocycles. The Morgan fingerprint density at radius 3 is 2.84 bits per heavy atom. The van der Waals surface area contributed by atoms with Crippen molar-refractivity contribution in [1.29, 1.82) is 0 Å². The minimum atomic E-state index is -0.427. The molecule has 0 spiro atoms. The summed E-state index contributed by atoms with van der Waals surface area (Å²) >= 11 is 0. The first-order valence-corrected chi connectivity index (χ1v) is 6.40. The fraction of sp³-hybridized carbons (Fsp3) is 0.538. The van der Waals surface area contributed by atoms with Gasteiger partial charge in [-0.25, -0.2) is 0 Å². The van der Waals surface area contributed by atoms with Crippen molar-refractivity contribution in [2.75, 3.05) is 12.0 Å². The molecule has 0 saturated carbocycles. The van der Waals surface area contributed by atoms with Gasteiger partial charge in [0, 0.05) is 24.3 Å². The molecule has 1 atom stereocenters. The van der Waals surface area contributed by atoms with Gasteiger partial charge in [0.1, 0.15) is 0 Å². The number of ether oxygens (including phenoxy) is 1. The standard InChI is InChI=1S/C13H21N3O3/c1-3-4-10(2)8-19-9-11-7-12(16(17)18)5-6-13(11)15-14/h5-7,10,15H,3-4,8-9,14H2,1-2H3. The zero-order valence-electron chi connectivity index (χ0n) is 11.4. The Morgan fingerprint density at radius 1 is 1.53 bits per heavy atom. The largest absolute Gasteiger partial charge is 0.376 e. The number of hydrazine groups is 1. The van der Waals surface area contributed by atoms with E-state index in [9.17, 15) is 10.1 Å². The maximum atomic E-state index is 10.7. The maximum absolute atomic E-state index is 10.7. The molecule has 106 valence electrons. The topological polar surface area (TPSA) is 90.4 Å². The number of nitrogens with two attached hydrogens (primary N) is 1. The van der Waals surface area contributed by atoms with E-state index in [0.717, 1.165) is 12.8 Å². The number of nitro benzene ring substituents is 1. The molecule has 19 heavy (non-hydrogen) atoms. The van der Waals surface area contributed by atoms with Crippen LogP contribution in [-0.4, -0.2) is 11.5 Å². The normalized spacial score (nSPS) is 12.2. The molecule has 6 nitrogen and oxygen atoms in total. The lowest BCUT2D eigenvalue weighted by molar-refractivity contribution is -0.384. The number of nitrogens with one attached hydrogen (secondary N) is 1. The summed E-state index contributed by atoms with van der Waals surface area (Å²) in [4.78, 5) is 10.3. The van der Waals surface area contributed by atoms with E-state index >= 15 is 0 Å². The van der Waals surface area contributed by atoms with Crippen molar-refractivity contribution in [3.8, 4) is 0 Å². The van der Waals surface area contributed by atoms with Crippen LogP contribution in [0.3, 0.4) is 0 Å². The summed E-state index contributed by atoms with van der Waals surface area (Å²) in [6, 6.07) is 4.49. The lowest BCUT2D eigenvalue weighted by atomic mass is 10.1. The van der Waals surface area contributed by atoms with Crippen LogP contribution in [0.4, 0.5) is 11.4 Å². The smallest absolute Gasteiger partial charge is 0.269 e. The van der Waals surface area contributed by atoms with Crippen molar-refractivity contribution in [1.82, 2.24) is 0 Å². The predicted octanol–water partition coefficient (Wildman–Crippen LogP) is 2.83. The average Bonchev–Trinajstić information content (AvgIpc) is 2.38. The highest BCUT2D eigenvalue weighted by Gasteiger charge is 2.11. The van der Waals surface area contributed by atoms with Crippen molar-refractivity contribution >= 4 is 11.4 Å². The average molecular weight is 267 g/mol. The summed E-state index contributed by atoms with van der Waals surface area (Å²) in [5.41, 5.74) is 3.91. The summed E-state index contributed by atoms with van der Waals surface area (Å²) < 4.78 is 5.59. The molecule has 0 aliphatic rings. The Bertz CT molecular complexity index is 424. The van der Waals surface area contributed by atoms with Crippen LogP contribution >= 0.6 is 0 Å². The van der Waals surface area contributed by atoms with E-state index in [1.807, 2.05) is 0 Å². The summed E-state index contributed by atoms with van der Waals surface area (Å²) in [6.45, 7) is 5.21. The number of nitro groups is 1. The molecule has 0 heterocycles. The van der Waals surface area contributed by atoms with Crippen LogP contribution in [0.1, 0.15) is 32.3 Å². The Morgan fingerprint density at radius 2 is 2.26 bits per heavy atom. The van der Waals surface area contributed by atoms with E-state index < -0.39 is 4.92 Å². The van der Waals surface area contributed by atoms with Gasteiger partial charge in [-0.1, -0.05) is 20.3 Å². The molecular weight excluding hydrogens is 246 g/mol. The number of rotatable bonds is 8. The second kappa shape index (κ2) is 7.70. The molecular formula is C13H21N3O3. The molecule has 0 saturated heterocycles. The van der Waals surface area contributed by atoms with Gasteiger partial charge in [0.2, 0.25) is 0 Å². The fourth-order valence-corrected chi connectivity index (χ4v) is 1.90. The zero-order valence-corrected chi connectivity index (χ0v) is 11.4. The summed E-state index contributed by atoms with van der Waals surface area (Å²) in [5, 5.41) is 10.7. The molecule has 0 aliphatic carbocycles. The number of benzene rings is 1. The first kappa shape index (κ1) is 15.4. The van der Waals surface area contributed by atoms with Crippen LogP contribution in [-0.2, 0) is 11.3 Å². The molecule has 1 unspecified atom stereocenters. The van der Waals surface area contributed by atoms with Crippen molar-refractivity contribution in [2.24, 2.45) is 11.8 Å². The van der Waals surface area contributed by atoms with Crippen molar-refractivity contribution in [3.63, 3.8) is 0 Å². The Labute approximate surface area is 113 Å². The molecule has 0 fully saturated rings. The van der Waals surface area contributed by atoms with Crippen molar-refractivity contribution < 1.29 is 9.66 Å². The predicted molar refractivity (Wildman–Crippen MR) is 74.6 cm³/mol. The second-order valence-corrected chi connectivity index (χ2v) is 4.65. The number of anilines is 1. The summed E-state index contributed by atoms with van der Waals surface area (Å²) in [7, 11) is 0. The minimum Gasteiger partial charge on any atom is -0.376 e. The third kappa shape index (κ3) is 4.84. The highest BCUT2D eigenvalue weighted by atomic mass is 16.6. The SMILES string of the molecule is CCCC(C)COCc1cc([N+](=O)[O-])ccc1NN. The molecule has 0 radical (unpaired) electrons. The first-order valence-electron chi connectivity index (χ1n) is 6.40. The van der Waals surface area contributed by atoms with E-state index in [-0.39, 0.29) is 5.69 Å². The molecule has 6 heteroatoms. The highest BCUT2D eigenvalue weighted by molar-refractivity contribution is 5.55. The quantitative estimate of drug-likeness (QED) is 0.429. The molecule has 1 rings (SSSR count). The van der Waals surface area contributed by atoms with Crippen molar-refractivity contribution in [2.45, 2.75) is 33.3 Å². The molecule has 1 aromatic rings. The first-order chi connectivity index (χ1) is 9.08. The van der Waals surface area contributed by atoms with E-state index in [0.29, 0.717) is 30.4 Å². The van der Waals surface area contributed by atoms with Crippen LogP contribution in [0, 0.1) is 16.0 Å². The lowest BCUT2D eigenvalue weighted by Crippen LogP contribution is -2.11. The Balaban J connectivity index is 2.65. The maximum Gasteiger partial charge on any atom is 0.269 e. The highest BCUT2D eigenvalue weighted by Crippen LogP contribution is 2.22. The number of hydrogen-bond acceptors (Lipinski definition) is 5.